The molecule has 0 aromatic rings. The minimum Gasteiger partial charge on any atom is -0.343 e. The van der Waals surface area contributed by atoms with Crippen molar-refractivity contribution >= 4 is 41.1 Å². The highest BCUT2D eigenvalue weighted by molar-refractivity contribution is 6.53. The van der Waals surface area contributed by atoms with Gasteiger partial charge in [-0.3, -0.25) is 4.99 Å². The van der Waals surface area contributed by atoms with E-state index in [4.69, 9.17) is 34.8 Å². The van der Waals surface area contributed by atoms with Gasteiger partial charge in [-0.2, -0.15) is 0 Å². The second-order valence-electron chi connectivity index (χ2n) is 1.38. The average molecular weight is 173 g/mol. The van der Waals surface area contributed by atoms with E-state index in [1.165, 1.54) is 6.34 Å². The van der Waals surface area contributed by atoms with Crippen molar-refractivity contribution in [2.24, 2.45) is 4.99 Å². The third kappa shape index (κ3) is 1.02. The monoisotopic (exact) mass is 172 g/mol. The summed E-state index contributed by atoms with van der Waals surface area (Å²) in [5.41, 5.74) is -0.578. The van der Waals surface area contributed by atoms with E-state index < -0.39 is 9.96 Å². The van der Waals surface area contributed by atoms with Gasteiger partial charge in [-0.1, -0.05) is 34.8 Å². The van der Waals surface area contributed by atoms with E-state index in [0.717, 1.165) is 0 Å². The highest BCUT2D eigenvalue weighted by Crippen LogP contribution is 2.29. The molecular weight excluding hydrogens is 170 g/mol. The molecule has 1 heterocycles. The Morgan fingerprint density at radius 2 is 2.25 bits per heavy atom. The lowest BCUT2D eigenvalue weighted by Crippen LogP contribution is -2.34. The fraction of sp³-hybridized carbons (Fsp3) is 0.667. The van der Waals surface area contributed by atoms with Crippen LogP contribution in [-0.4, -0.2) is 16.3 Å². The van der Waals surface area contributed by atoms with Gasteiger partial charge < -0.3 is 5.32 Å². The van der Waals surface area contributed by atoms with Crippen LogP contribution in [0.15, 0.2) is 4.99 Å². The van der Waals surface area contributed by atoms with Crippen molar-refractivity contribution in [1.29, 1.82) is 0 Å². The second kappa shape index (κ2) is 1.94. The maximum Gasteiger partial charge on any atom is 0.225 e. The summed E-state index contributed by atoms with van der Waals surface area (Å²) >= 11 is 16.5. The van der Waals surface area contributed by atoms with Crippen LogP contribution >= 0.6 is 34.8 Å². The van der Waals surface area contributed by atoms with Gasteiger partial charge in [-0.25, -0.2) is 0 Å². The quantitative estimate of drug-likeness (QED) is 0.434. The summed E-state index contributed by atoms with van der Waals surface area (Å²) in [5.74, 6) is 0. The Morgan fingerprint density at radius 3 is 2.38 bits per heavy atom. The Morgan fingerprint density at radius 1 is 1.62 bits per heavy atom. The van der Waals surface area contributed by atoms with Crippen molar-refractivity contribution in [2.45, 2.75) is 9.96 Å². The van der Waals surface area contributed by atoms with E-state index >= 15 is 0 Å². The molecule has 0 saturated heterocycles. The van der Waals surface area contributed by atoms with Crippen LogP contribution in [0.4, 0.5) is 0 Å². The molecule has 1 rings (SSSR count). The Balaban J connectivity index is 2.64. The van der Waals surface area contributed by atoms with Crippen molar-refractivity contribution in [3.05, 3.63) is 0 Å². The van der Waals surface area contributed by atoms with Gasteiger partial charge in [0, 0.05) is 0 Å². The summed E-state index contributed by atoms with van der Waals surface area (Å²) in [6, 6.07) is 0. The third-order valence-electron chi connectivity index (χ3n) is 0.762. The topological polar surface area (TPSA) is 24.4 Å². The predicted octanol–water partition coefficient (Wildman–Crippen LogP) is 1.31. The molecule has 1 unspecified atom stereocenters. The largest absolute Gasteiger partial charge is 0.343 e. The van der Waals surface area contributed by atoms with E-state index in [2.05, 4.69) is 10.3 Å². The normalized spacial score (nSPS) is 32.6. The van der Waals surface area contributed by atoms with Gasteiger partial charge in [0.05, 0.1) is 6.34 Å². The van der Waals surface area contributed by atoms with Gasteiger partial charge in [-0.15, -0.1) is 0 Å². The first kappa shape index (κ1) is 6.46. The Kier molecular flexibility index (Phi) is 1.56. The van der Waals surface area contributed by atoms with Crippen LogP contribution in [0.2, 0.25) is 0 Å². The molecule has 0 spiro atoms. The van der Waals surface area contributed by atoms with Crippen molar-refractivity contribution in [2.75, 3.05) is 0 Å². The van der Waals surface area contributed by atoms with E-state index in [1.807, 2.05) is 0 Å². The Hall–Kier alpha value is 0.340. The summed E-state index contributed by atoms with van der Waals surface area (Å²) in [4.78, 5) is 3.65. The Bertz CT molecular complexity index is 122. The zero-order valence-electron chi connectivity index (χ0n) is 3.74. The molecule has 2 nitrogen and oxygen atoms in total. The molecular formula is C3H3Cl3N2. The van der Waals surface area contributed by atoms with Gasteiger partial charge in [-0.05, 0) is 0 Å². The highest BCUT2D eigenvalue weighted by Gasteiger charge is 2.35. The SMILES string of the molecule is ClC1N=CNC1(Cl)Cl. The zero-order valence-corrected chi connectivity index (χ0v) is 6.00. The van der Waals surface area contributed by atoms with Gasteiger partial charge >= 0.3 is 0 Å². The lowest BCUT2D eigenvalue weighted by Gasteiger charge is -2.13. The van der Waals surface area contributed by atoms with Crippen LogP contribution in [0, 0.1) is 0 Å². The first-order valence-electron chi connectivity index (χ1n) is 1.94. The average Bonchev–Trinajstić information content (AvgIpc) is 1.86. The summed E-state index contributed by atoms with van der Waals surface area (Å²) in [5, 5.41) is 2.55. The number of nitrogens with one attached hydrogen (secondary N) is 1. The number of aliphatic imine (C=N–C) groups is 1. The number of hydrogen-bond acceptors (Lipinski definition) is 2. The van der Waals surface area contributed by atoms with Crippen molar-refractivity contribution < 1.29 is 0 Å². The summed E-state index contributed by atoms with van der Waals surface area (Å²) in [6.45, 7) is 0. The predicted molar refractivity (Wildman–Crippen MR) is 35.7 cm³/mol. The number of alkyl halides is 3. The number of nitrogens with zero attached hydrogens (tertiary/aromatic N) is 1. The third-order valence-corrected chi connectivity index (χ3v) is 2.06. The van der Waals surface area contributed by atoms with Crippen LogP contribution in [-0.2, 0) is 0 Å². The molecule has 46 valence electrons. The van der Waals surface area contributed by atoms with Gasteiger partial charge in [0.15, 0.2) is 5.50 Å². The van der Waals surface area contributed by atoms with E-state index in [-0.39, 0.29) is 0 Å². The van der Waals surface area contributed by atoms with Crippen LogP contribution in [0.5, 0.6) is 0 Å². The fourth-order valence-corrected chi connectivity index (χ4v) is 0.681. The molecule has 0 aromatic heterocycles. The fourth-order valence-electron chi connectivity index (χ4n) is 0.351. The lowest BCUT2D eigenvalue weighted by molar-refractivity contribution is 0.753. The maximum absolute atomic E-state index is 5.52. The number of rotatable bonds is 0. The van der Waals surface area contributed by atoms with Gasteiger partial charge in [0.25, 0.3) is 0 Å². The highest BCUT2D eigenvalue weighted by atomic mass is 35.5. The smallest absolute Gasteiger partial charge is 0.225 e. The standard InChI is InChI=1S/C3H3Cl3N2/c4-2-3(5,6)8-1-7-2/h1-2H,(H,7,8). The van der Waals surface area contributed by atoms with Crippen molar-refractivity contribution in [1.82, 2.24) is 5.32 Å². The van der Waals surface area contributed by atoms with Crippen LogP contribution in [0.1, 0.15) is 0 Å². The van der Waals surface area contributed by atoms with Crippen LogP contribution in [0.3, 0.4) is 0 Å². The van der Waals surface area contributed by atoms with Gasteiger partial charge in [0.1, 0.15) is 0 Å². The maximum atomic E-state index is 5.52. The minimum absolute atomic E-state index is 0.578. The van der Waals surface area contributed by atoms with Crippen LogP contribution in [0.25, 0.3) is 0 Å². The molecule has 5 heteroatoms. The summed E-state index contributed by atoms with van der Waals surface area (Å²) in [7, 11) is 0. The molecule has 8 heavy (non-hydrogen) atoms. The summed E-state index contributed by atoms with van der Waals surface area (Å²) < 4.78 is -1.11. The molecule has 0 aromatic carbocycles. The van der Waals surface area contributed by atoms with E-state index in [1.54, 1.807) is 0 Å². The van der Waals surface area contributed by atoms with E-state index in [9.17, 15) is 0 Å². The number of halogens is 3. The zero-order chi connectivity index (χ0) is 6.20. The van der Waals surface area contributed by atoms with Crippen molar-refractivity contribution in [3.63, 3.8) is 0 Å². The molecule has 0 bridgehead atoms. The Labute approximate surface area is 61.8 Å². The molecule has 0 saturated carbocycles. The summed E-state index contributed by atoms with van der Waals surface area (Å²) in [6.07, 6.45) is 1.39. The first-order chi connectivity index (χ1) is 3.63. The molecule has 0 amide bonds. The molecule has 1 atom stereocenters. The van der Waals surface area contributed by atoms with E-state index in [0.29, 0.717) is 0 Å². The molecule has 0 radical (unpaired) electrons. The van der Waals surface area contributed by atoms with Crippen molar-refractivity contribution in [3.8, 4) is 0 Å². The number of hydrogen-bond donors (Lipinski definition) is 1. The molecule has 0 aliphatic carbocycles. The first-order valence-corrected chi connectivity index (χ1v) is 3.13. The molecule has 0 fully saturated rings. The van der Waals surface area contributed by atoms with Gasteiger partial charge in [0.2, 0.25) is 4.46 Å². The minimum atomic E-state index is -1.11. The van der Waals surface area contributed by atoms with Crippen LogP contribution < -0.4 is 5.32 Å². The second-order valence-corrected chi connectivity index (χ2v) is 3.18. The molecule has 1 aliphatic rings. The molecule has 1 N–H and O–H groups in total. The lowest BCUT2D eigenvalue weighted by atomic mass is 10.6. The molecule has 1 aliphatic heterocycles.